The monoisotopic (exact) mass is 348 g/mol. The third kappa shape index (κ3) is 3.33. The first-order valence-corrected chi connectivity index (χ1v) is 8.49. The molecule has 0 aliphatic carbocycles. The Morgan fingerprint density at radius 2 is 1.58 bits per heavy atom. The Morgan fingerprint density at radius 3 is 2.12 bits per heavy atom. The highest BCUT2D eigenvalue weighted by Crippen LogP contribution is 2.33. The minimum atomic E-state index is -4.53. The highest BCUT2D eigenvalue weighted by atomic mass is 32.2. The topological polar surface area (TPSA) is 17.8 Å². The first-order chi connectivity index (χ1) is 11.4. The molecule has 0 saturated carbocycles. The third-order valence-corrected chi connectivity index (χ3v) is 4.40. The fourth-order valence-corrected chi connectivity index (χ4v) is 2.79. The summed E-state index contributed by atoms with van der Waals surface area (Å²) in [5, 5.41) is 0. The summed E-state index contributed by atoms with van der Waals surface area (Å²) in [4.78, 5) is 4.89. The minimum Gasteiger partial charge on any atom is -0.296 e. The maximum absolute atomic E-state index is 13.4. The lowest BCUT2D eigenvalue weighted by Crippen LogP contribution is -2.13. The van der Waals surface area contributed by atoms with Gasteiger partial charge in [0.15, 0.2) is 0 Å². The molecule has 124 valence electrons. The van der Waals surface area contributed by atoms with Crippen LogP contribution in [-0.2, 0) is 6.18 Å². The second-order valence-corrected chi connectivity index (χ2v) is 6.26. The number of benzene rings is 2. The van der Waals surface area contributed by atoms with Gasteiger partial charge in [-0.25, -0.2) is 4.98 Å². The minimum absolute atomic E-state index is 0.301. The summed E-state index contributed by atoms with van der Waals surface area (Å²) < 4.78 is 41.2. The maximum Gasteiger partial charge on any atom is 0.450 e. The molecule has 6 heteroatoms. The fraction of sp³-hybridized carbons (Fsp3) is 0.167. The smallest absolute Gasteiger partial charge is 0.296 e. The molecule has 0 fully saturated rings. The van der Waals surface area contributed by atoms with E-state index in [1.54, 1.807) is 48.2 Å². The average molecular weight is 348 g/mol. The predicted octanol–water partition coefficient (Wildman–Crippen LogP) is 5.59. The standard InChI is InChI=1S/C18H15F3N2S/c1-12-3-7-14(8-4-12)23-11-16(22-17(23)18(19,20)21)13-5-9-15(24-2)10-6-13/h3-11H,1-2H3. The van der Waals surface area contributed by atoms with Gasteiger partial charge in [-0.05, 0) is 37.4 Å². The van der Waals surface area contributed by atoms with Gasteiger partial charge in [0.25, 0.3) is 0 Å². The number of aromatic nitrogens is 2. The molecule has 1 aromatic heterocycles. The molecule has 0 radical (unpaired) electrons. The van der Waals surface area contributed by atoms with Crippen molar-refractivity contribution in [1.82, 2.24) is 9.55 Å². The normalized spacial score (nSPS) is 11.7. The number of thioether (sulfide) groups is 1. The summed E-state index contributed by atoms with van der Waals surface area (Å²) in [5.41, 5.74) is 2.38. The van der Waals surface area contributed by atoms with Crippen LogP contribution in [0.5, 0.6) is 0 Å². The molecule has 2 aromatic carbocycles. The van der Waals surface area contributed by atoms with E-state index in [0.717, 1.165) is 15.0 Å². The lowest BCUT2D eigenvalue weighted by atomic mass is 10.2. The van der Waals surface area contributed by atoms with E-state index in [4.69, 9.17) is 0 Å². The van der Waals surface area contributed by atoms with Gasteiger partial charge in [0.2, 0.25) is 5.82 Å². The van der Waals surface area contributed by atoms with Crippen LogP contribution in [0.2, 0.25) is 0 Å². The van der Waals surface area contributed by atoms with Gasteiger partial charge in [-0.1, -0.05) is 29.8 Å². The molecule has 0 N–H and O–H groups in total. The first kappa shape index (κ1) is 16.6. The van der Waals surface area contributed by atoms with Crippen molar-refractivity contribution in [3.8, 4) is 16.9 Å². The van der Waals surface area contributed by atoms with E-state index in [1.807, 2.05) is 25.3 Å². The molecule has 0 unspecified atom stereocenters. The van der Waals surface area contributed by atoms with Crippen LogP contribution in [0.1, 0.15) is 11.4 Å². The SMILES string of the molecule is CSc1ccc(-c2cn(-c3ccc(C)cc3)c(C(F)(F)F)n2)cc1. The summed E-state index contributed by atoms with van der Waals surface area (Å²) in [6.45, 7) is 1.89. The van der Waals surface area contributed by atoms with Crippen LogP contribution in [0.4, 0.5) is 13.2 Å². The van der Waals surface area contributed by atoms with E-state index in [-0.39, 0.29) is 0 Å². The summed E-state index contributed by atoms with van der Waals surface area (Å²) in [7, 11) is 0. The number of aryl methyl sites for hydroxylation is 1. The van der Waals surface area contributed by atoms with E-state index >= 15 is 0 Å². The Hall–Kier alpha value is -2.21. The molecule has 0 atom stereocenters. The third-order valence-electron chi connectivity index (χ3n) is 3.66. The number of nitrogens with zero attached hydrogens (tertiary/aromatic N) is 2. The molecule has 0 aliphatic rings. The first-order valence-electron chi connectivity index (χ1n) is 7.26. The highest BCUT2D eigenvalue weighted by Gasteiger charge is 2.37. The predicted molar refractivity (Wildman–Crippen MR) is 90.5 cm³/mol. The van der Waals surface area contributed by atoms with Crippen molar-refractivity contribution in [3.05, 3.63) is 66.1 Å². The van der Waals surface area contributed by atoms with E-state index in [2.05, 4.69) is 4.98 Å². The summed E-state index contributed by atoms with van der Waals surface area (Å²) in [6, 6.07) is 14.2. The van der Waals surface area contributed by atoms with Gasteiger partial charge in [0.1, 0.15) is 0 Å². The van der Waals surface area contributed by atoms with E-state index < -0.39 is 12.0 Å². The van der Waals surface area contributed by atoms with Crippen molar-refractivity contribution in [2.75, 3.05) is 6.26 Å². The number of alkyl halides is 3. The molecule has 0 aliphatic heterocycles. The Morgan fingerprint density at radius 1 is 0.958 bits per heavy atom. The fourth-order valence-electron chi connectivity index (χ4n) is 2.38. The van der Waals surface area contributed by atoms with Crippen LogP contribution in [0.15, 0.2) is 59.6 Å². The molecule has 3 aromatic rings. The van der Waals surface area contributed by atoms with Crippen LogP contribution in [-0.4, -0.2) is 15.8 Å². The Balaban J connectivity index is 2.10. The van der Waals surface area contributed by atoms with Gasteiger partial charge in [-0.2, -0.15) is 13.2 Å². The highest BCUT2D eigenvalue weighted by molar-refractivity contribution is 7.98. The average Bonchev–Trinajstić information content (AvgIpc) is 3.01. The number of halogens is 3. The van der Waals surface area contributed by atoms with Gasteiger partial charge in [0.05, 0.1) is 5.69 Å². The van der Waals surface area contributed by atoms with Crippen molar-refractivity contribution in [1.29, 1.82) is 0 Å². The molecule has 0 amide bonds. The zero-order chi connectivity index (χ0) is 17.3. The second kappa shape index (κ2) is 6.36. The summed E-state index contributed by atoms with van der Waals surface area (Å²) >= 11 is 1.58. The molecule has 0 bridgehead atoms. The molecule has 2 nitrogen and oxygen atoms in total. The van der Waals surface area contributed by atoms with Crippen LogP contribution in [0, 0.1) is 6.92 Å². The van der Waals surface area contributed by atoms with E-state index in [1.165, 1.54) is 6.20 Å². The maximum atomic E-state index is 13.4. The van der Waals surface area contributed by atoms with E-state index in [0.29, 0.717) is 16.9 Å². The van der Waals surface area contributed by atoms with Gasteiger partial charge < -0.3 is 0 Å². The Kier molecular flexibility index (Phi) is 4.41. The quantitative estimate of drug-likeness (QED) is 0.574. The Labute approximate surface area is 142 Å². The van der Waals surface area contributed by atoms with E-state index in [9.17, 15) is 13.2 Å². The molecule has 3 rings (SSSR count). The molecule has 0 saturated heterocycles. The zero-order valence-electron chi connectivity index (χ0n) is 13.1. The molecule has 0 spiro atoms. The van der Waals surface area contributed by atoms with Crippen molar-refractivity contribution in [2.24, 2.45) is 0 Å². The molecular weight excluding hydrogens is 333 g/mol. The largest absolute Gasteiger partial charge is 0.450 e. The number of hydrogen-bond acceptors (Lipinski definition) is 2. The van der Waals surface area contributed by atoms with Gasteiger partial charge >= 0.3 is 6.18 Å². The Bertz CT molecular complexity index is 834. The van der Waals surface area contributed by atoms with Crippen molar-refractivity contribution >= 4 is 11.8 Å². The molecular formula is C18H15F3N2S. The number of hydrogen-bond donors (Lipinski definition) is 0. The van der Waals surface area contributed by atoms with Crippen molar-refractivity contribution in [3.63, 3.8) is 0 Å². The molecule has 1 heterocycles. The van der Waals surface area contributed by atoms with Gasteiger partial charge in [0, 0.05) is 22.3 Å². The number of imidazole rings is 1. The van der Waals surface area contributed by atoms with Gasteiger partial charge in [-0.15, -0.1) is 11.8 Å². The van der Waals surface area contributed by atoms with Crippen molar-refractivity contribution < 1.29 is 13.2 Å². The van der Waals surface area contributed by atoms with Crippen molar-refractivity contribution in [2.45, 2.75) is 18.0 Å². The van der Waals surface area contributed by atoms with Gasteiger partial charge in [-0.3, -0.25) is 4.57 Å². The lowest BCUT2D eigenvalue weighted by molar-refractivity contribution is -0.145. The summed E-state index contributed by atoms with van der Waals surface area (Å²) in [6.07, 6.45) is -1.15. The zero-order valence-corrected chi connectivity index (χ0v) is 13.9. The molecule has 24 heavy (non-hydrogen) atoms. The van der Waals surface area contributed by atoms with Crippen LogP contribution < -0.4 is 0 Å². The second-order valence-electron chi connectivity index (χ2n) is 5.38. The van der Waals surface area contributed by atoms with Crippen LogP contribution in [0.3, 0.4) is 0 Å². The summed E-state index contributed by atoms with van der Waals surface area (Å²) in [5.74, 6) is -0.921. The van der Waals surface area contributed by atoms with Crippen LogP contribution >= 0.6 is 11.8 Å². The number of rotatable bonds is 3. The van der Waals surface area contributed by atoms with Crippen LogP contribution in [0.25, 0.3) is 16.9 Å². The lowest BCUT2D eigenvalue weighted by Gasteiger charge is -2.10.